The normalized spacial score (nSPS) is 19.9. The van der Waals surface area contributed by atoms with E-state index >= 15 is 0 Å². The SMILES string of the molecule is C/C=C(/Oc1cccc2ccccc12)[C@@H]1OC(=O)OC1(CC)CC. The summed E-state index contributed by atoms with van der Waals surface area (Å²) in [7, 11) is 0. The van der Waals surface area contributed by atoms with Crippen molar-refractivity contribution in [2.45, 2.75) is 45.3 Å². The summed E-state index contributed by atoms with van der Waals surface area (Å²) in [6.45, 7) is 5.86. The van der Waals surface area contributed by atoms with Crippen LogP contribution in [-0.2, 0) is 9.47 Å². The van der Waals surface area contributed by atoms with E-state index in [9.17, 15) is 4.79 Å². The molecule has 0 bridgehead atoms. The molecule has 0 saturated carbocycles. The van der Waals surface area contributed by atoms with Crippen LogP contribution in [0, 0.1) is 0 Å². The van der Waals surface area contributed by atoms with Crippen molar-refractivity contribution in [3.63, 3.8) is 0 Å². The van der Waals surface area contributed by atoms with Gasteiger partial charge in [-0.15, -0.1) is 0 Å². The van der Waals surface area contributed by atoms with Gasteiger partial charge in [0.05, 0.1) is 0 Å². The van der Waals surface area contributed by atoms with Gasteiger partial charge in [-0.25, -0.2) is 4.79 Å². The van der Waals surface area contributed by atoms with Crippen LogP contribution >= 0.6 is 0 Å². The summed E-state index contributed by atoms with van der Waals surface area (Å²) in [5.74, 6) is 1.34. The fourth-order valence-corrected chi connectivity index (χ4v) is 3.21. The molecule has 0 radical (unpaired) electrons. The third-order valence-corrected chi connectivity index (χ3v) is 4.70. The summed E-state index contributed by atoms with van der Waals surface area (Å²) in [4.78, 5) is 11.7. The van der Waals surface area contributed by atoms with Gasteiger partial charge >= 0.3 is 6.16 Å². The van der Waals surface area contributed by atoms with Crippen LogP contribution in [0.4, 0.5) is 4.79 Å². The number of benzene rings is 2. The van der Waals surface area contributed by atoms with E-state index in [1.807, 2.05) is 69.3 Å². The van der Waals surface area contributed by atoms with Crippen molar-refractivity contribution in [1.82, 2.24) is 0 Å². The Morgan fingerprint density at radius 3 is 2.58 bits per heavy atom. The molecule has 1 saturated heterocycles. The Morgan fingerprint density at radius 2 is 1.88 bits per heavy atom. The third kappa shape index (κ3) is 2.73. The first-order valence-corrected chi connectivity index (χ1v) is 8.35. The Kier molecular flexibility index (Phi) is 4.47. The fourth-order valence-electron chi connectivity index (χ4n) is 3.21. The van der Waals surface area contributed by atoms with Crippen LogP contribution in [0.5, 0.6) is 5.75 Å². The molecule has 0 N–H and O–H groups in total. The van der Waals surface area contributed by atoms with Crippen molar-refractivity contribution >= 4 is 16.9 Å². The minimum absolute atomic E-state index is 0.538. The largest absolute Gasteiger partial charge is 0.509 e. The molecule has 2 aromatic rings. The van der Waals surface area contributed by atoms with Crippen molar-refractivity contribution < 1.29 is 19.0 Å². The Bertz CT molecular complexity index is 769. The van der Waals surface area contributed by atoms with Crippen molar-refractivity contribution in [2.24, 2.45) is 0 Å². The van der Waals surface area contributed by atoms with Crippen molar-refractivity contribution in [1.29, 1.82) is 0 Å². The van der Waals surface area contributed by atoms with Gasteiger partial charge in [0.15, 0.2) is 5.60 Å². The molecular weight excluding hydrogens is 304 g/mol. The number of fused-ring (bicyclic) bond motifs is 1. The van der Waals surface area contributed by atoms with Crippen LogP contribution in [0.3, 0.4) is 0 Å². The molecule has 4 heteroatoms. The predicted octanol–water partition coefficient (Wildman–Crippen LogP) is 5.22. The van der Waals surface area contributed by atoms with E-state index in [1.165, 1.54) is 0 Å². The first kappa shape index (κ1) is 16.4. The molecular formula is C20H22O4. The lowest BCUT2D eigenvalue weighted by molar-refractivity contribution is 0.0222. The van der Waals surface area contributed by atoms with Gasteiger partial charge in [0.25, 0.3) is 0 Å². The third-order valence-electron chi connectivity index (χ3n) is 4.70. The molecule has 0 unspecified atom stereocenters. The summed E-state index contributed by atoms with van der Waals surface area (Å²) in [6.07, 6.45) is 1.99. The number of hydrogen-bond donors (Lipinski definition) is 0. The summed E-state index contributed by atoms with van der Waals surface area (Å²) >= 11 is 0. The average Bonchev–Trinajstić information content (AvgIpc) is 2.96. The first-order chi connectivity index (χ1) is 11.6. The second kappa shape index (κ2) is 6.56. The molecule has 0 spiro atoms. The van der Waals surface area contributed by atoms with Crippen molar-refractivity contribution in [2.75, 3.05) is 0 Å². The number of hydrogen-bond acceptors (Lipinski definition) is 4. The second-order valence-electron chi connectivity index (χ2n) is 5.89. The highest BCUT2D eigenvalue weighted by molar-refractivity contribution is 5.88. The van der Waals surface area contributed by atoms with Crippen molar-refractivity contribution in [3.8, 4) is 5.75 Å². The Labute approximate surface area is 142 Å². The van der Waals surface area contributed by atoms with Crippen LogP contribution in [0.2, 0.25) is 0 Å². The molecule has 3 rings (SSSR count). The quantitative estimate of drug-likeness (QED) is 0.558. The van der Waals surface area contributed by atoms with E-state index in [0.717, 1.165) is 16.5 Å². The van der Waals surface area contributed by atoms with E-state index in [4.69, 9.17) is 14.2 Å². The average molecular weight is 326 g/mol. The summed E-state index contributed by atoms with van der Waals surface area (Å²) in [5.41, 5.74) is -0.677. The molecule has 126 valence electrons. The number of allylic oxidation sites excluding steroid dienone is 1. The number of carbonyl (C=O) groups excluding carboxylic acids is 1. The van der Waals surface area contributed by atoms with Crippen LogP contribution < -0.4 is 4.74 Å². The van der Waals surface area contributed by atoms with E-state index in [1.54, 1.807) is 0 Å². The molecule has 1 fully saturated rings. The zero-order valence-corrected chi connectivity index (χ0v) is 14.2. The maximum atomic E-state index is 11.7. The Morgan fingerprint density at radius 1 is 1.17 bits per heavy atom. The van der Waals surface area contributed by atoms with Crippen LogP contribution in [-0.4, -0.2) is 17.9 Å². The molecule has 24 heavy (non-hydrogen) atoms. The topological polar surface area (TPSA) is 44.8 Å². The van der Waals surface area contributed by atoms with Gasteiger partial charge in [-0.2, -0.15) is 0 Å². The lowest BCUT2D eigenvalue weighted by Crippen LogP contribution is -2.41. The summed E-state index contributed by atoms with van der Waals surface area (Å²) < 4.78 is 17.1. The van der Waals surface area contributed by atoms with Crippen LogP contribution in [0.15, 0.2) is 54.3 Å². The highest BCUT2D eigenvalue weighted by atomic mass is 16.8. The summed E-state index contributed by atoms with van der Waals surface area (Å²) in [5, 5.41) is 2.12. The van der Waals surface area contributed by atoms with Gasteiger partial charge in [0.1, 0.15) is 11.5 Å². The highest BCUT2D eigenvalue weighted by Crippen LogP contribution is 2.39. The lowest BCUT2D eigenvalue weighted by Gasteiger charge is -2.29. The molecule has 1 atom stereocenters. The van der Waals surface area contributed by atoms with Gasteiger partial charge < -0.3 is 14.2 Å². The molecule has 2 aromatic carbocycles. The van der Waals surface area contributed by atoms with Crippen LogP contribution in [0.1, 0.15) is 33.6 Å². The molecule has 0 aromatic heterocycles. The van der Waals surface area contributed by atoms with Crippen molar-refractivity contribution in [3.05, 3.63) is 54.3 Å². The zero-order chi connectivity index (χ0) is 17.2. The van der Waals surface area contributed by atoms with E-state index in [0.29, 0.717) is 18.6 Å². The standard InChI is InChI=1S/C20H22O4/c1-4-16(18-20(5-2,6-3)24-19(21)23-18)22-17-13-9-11-14-10-7-8-12-15(14)17/h4,7-13,18H,5-6H2,1-3H3/b16-4+/t18-/m0/s1. The van der Waals surface area contributed by atoms with E-state index in [2.05, 4.69) is 0 Å². The number of cyclic esters (lactones) is 2. The maximum absolute atomic E-state index is 11.7. The minimum atomic E-state index is -0.677. The number of rotatable bonds is 5. The minimum Gasteiger partial charge on any atom is -0.457 e. The van der Waals surface area contributed by atoms with Gasteiger partial charge in [0.2, 0.25) is 6.10 Å². The van der Waals surface area contributed by atoms with Gasteiger partial charge in [-0.1, -0.05) is 50.2 Å². The summed E-state index contributed by atoms with van der Waals surface area (Å²) in [6, 6.07) is 13.9. The molecule has 0 aliphatic carbocycles. The van der Waals surface area contributed by atoms with Crippen LogP contribution in [0.25, 0.3) is 10.8 Å². The molecule has 1 aliphatic heterocycles. The lowest BCUT2D eigenvalue weighted by atomic mass is 9.89. The monoisotopic (exact) mass is 326 g/mol. The number of ether oxygens (including phenoxy) is 3. The second-order valence-corrected chi connectivity index (χ2v) is 5.89. The van der Waals surface area contributed by atoms with Gasteiger partial charge in [-0.05, 0) is 37.3 Å². The van der Waals surface area contributed by atoms with Gasteiger partial charge in [-0.3, -0.25) is 0 Å². The van der Waals surface area contributed by atoms with E-state index < -0.39 is 17.9 Å². The van der Waals surface area contributed by atoms with E-state index in [-0.39, 0.29) is 0 Å². The zero-order valence-electron chi connectivity index (χ0n) is 14.2. The Balaban J connectivity index is 1.96. The smallest absolute Gasteiger partial charge is 0.457 e. The maximum Gasteiger partial charge on any atom is 0.509 e. The van der Waals surface area contributed by atoms with Gasteiger partial charge in [0, 0.05) is 5.39 Å². The fraction of sp³-hybridized carbons (Fsp3) is 0.350. The highest BCUT2D eigenvalue weighted by Gasteiger charge is 2.51. The molecule has 0 amide bonds. The molecule has 4 nitrogen and oxygen atoms in total. The predicted molar refractivity (Wildman–Crippen MR) is 93.0 cm³/mol. The Hall–Kier alpha value is -2.49. The number of carbonyl (C=O) groups is 1. The molecule has 1 heterocycles. The first-order valence-electron chi connectivity index (χ1n) is 8.35. The molecule has 1 aliphatic rings.